The lowest BCUT2D eigenvalue weighted by atomic mass is 10.0. The molecule has 0 bridgehead atoms. The van der Waals surface area contributed by atoms with E-state index in [1.165, 1.54) is 37.4 Å². The first-order valence-corrected chi connectivity index (χ1v) is 6.85. The summed E-state index contributed by atoms with van der Waals surface area (Å²) in [5.74, 6) is -1.98. The Balaban J connectivity index is 2.23. The van der Waals surface area contributed by atoms with Crippen molar-refractivity contribution >= 4 is 16.9 Å². The number of benzene rings is 2. The maximum Gasteiger partial charge on any atom is 0.307 e. The highest BCUT2D eigenvalue weighted by Gasteiger charge is 2.17. The van der Waals surface area contributed by atoms with Crippen LogP contribution in [0.25, 0.3) is 22.2 Å². The Labute approximate surface area is 130 Å². The third-order valence-electron chi connectivity index (χ3n) is 3.64. The fraction of sp³-hybridized carbons (Fsp3) is 0.118. The third kappa shape index (κ3) is 2.75. The number of carboxylic acid groups (broad SMARTS) is 1. The van der Waals surface area contributed by atoms with Crippen molar-refractivity contribution in [2.75, 3.05) is 7.11 Å². The number of hydrogen-bond donors (Lipinski definition) is 2. The van der Waals surface area contributed by atoms with Gasteiger partial charge >= 0.3 is 5.97 Å². The van der Waals surface area contributed by atoms with E-state index in [1.54, 1.807) is 6.07 Å². The number of H-pyrrole nitrogens is 1. The van der Waals surface area contributed by atoms with Gasteiger partial charge < -0.3 is 14.8 Å². The lowest BCUT2D eigenvalue weighted by Crippen LogP contribution is -2.01. The maximum atomic E-state index is 13.9. The molecule has 3 aromatic rings. The average molecular weight is 317 g/mol. The summed E-state index contributed by atoms with van der Waals surface area (Å²) in [6.07, 6.45) is -0.299. The van der Waals surface area contributed by atoms with Gasteiger partial charge in [-0.3, -0.25) is 4.79 Å². The molecule has 0 aliphatic carbocycles. The average Bonchev–Trinajstić information content (AvgIpc) is 2.84. The van der Waals surface area contributed by atoms with Gasteiger partial charge in [-0.2, -0.15) is 0 Å². The number of methoxy groups -OCH3 is 1. The van der Waals surface area contributed by atoms with Crippen LogP contribution in [0.3, 0.4) is 0 Å². The van der Waals surface area contributed by atoms with Crippen molar-refractivity contribution in [1.82, 2.24) is 4.98 Å². The van der Waals surface area contributed by atoms with Crippen LogP contribution in [0, 0.1) is 11.6 Å². The number of nitrogens with one attached hydrogen (secondary N) is 1. The summed E-state index contributed by atoms with van der Waals surface area (Å²) in [5, 5.41) is 9.59. The molecule has 2 aromatic carbocycles. The van der Waals surface area contributed by atoms with Gasteiger partial charge in [0.15, 0.2) is 11.6 Å². The summed E-state index contributed by atoms with van der Waals surface area (Å²) in [5.41, 5.74) is 1.93. The van der Waals surface area contributed by atoms with Gasteiger partial charge in [-0.25, -0.2) is 8.78 Å². The van der Waals surface area contributed by atoms with E-state index in [9.17, 15) is 13.6 Å². The van der Waals surface area contributed by atoms with Crippen molar-refractivity contribution in [3.63, 3.8) is 0 Å². The molecule has 0 unspecified atom stereocenters. The summed E-state index contributed by atoms with van der Waals surface area (Å²) in [7, 11) is 1.36. The van der Waals surface area contributed by atoms with Gasteiger partial charge in [-0.1, -0.05) is 0 Å². The first-order valence-electron chi connectivity index (χ1n) is 6.85. The number of ether oxygens (including phenoxy) is 1. The van der Waals surface area contributed by atoms with E-state index >= 15 is 0 Å². The maximum absolute atomic E-state index is 13.9. The molecular weight excluding hydrogens is 304 g/mol. The Kier molecular flexibility index (Phi) is 3.73. The second-order valence-electron chi connectivity index (χ2n) is 5.09. The van der Waals surface area contributed by atoms with Crippen molar-refractivity contribution in [2.24, 2.45) is 0 Å². The highest BCUT2D eigenvalue weighted by atomic mass is 19.1. The quantitative estimate of drug-likeness (QED) is 0.770. The Morgan fingerprint density at radius 1 is 1.22 bits per heavy atom. The van der Waals surface area contributed by atoms with Crippen LogP contribution in [0.4, 0.5) is 8.78 Å². The fourth-order valence-electron chi connectivity index (χ4n) is 2.62. The van der Waals surface area contributed by atoms with Crippen LogP contribution in [0.2, 0.25) is 0 Å². The van der Waals surface area contributed by atoms with E-state index in [0.29, 0.717) is 27.7 Å². The number of hydrogen-bond acceptors (Lipinski definition) is 2. The lowest BCUT2D eigenvalue weighted by molar-refractivity contribution is -0.136. The number of aromatic amines is 1. The predicted molar refractivity (Wildman–Crippen MR) is 81.5 cm³/mol. The molecule has 6 heteroatoms. The van der Waals surface area contributed by atoms with Crippen molar-refractivity contribution in [3.05, 3.63) is 53.6 Å². The van der Waals surface area contributed by atoms with Crippen LogP contribution >= 0.6 is 0 Å². The number of carbonyl (C=O) groups is 1. The number of aliphatic carboxylic acids is 1. The summed E-state index contributed by atoms with van der Waals surface area (Å²) in [6, 6.07) is 8.41. The Morgan fingerprint density at radius 3 is 2.65 bits per heavy atom. The number of fused-ring (bicyclic) bond motifs is 1. The van der Waals surface area contributed by atoms with Gasteiger partial charge in [0.05, 0.1) is 19.2 Å². The standard InChI is InChI=1S/C17H13F2NO3/c1-23-15-5-2-9(6-13(15)19)17-12(8-16(21)22)11-7-10(18)3-4-14(11)20-17/h2-7,20H,8H2,1H3,(H,21,22). The number of carboxylic acids is 1. The van der Waals surface area contributed by atoms with E-state index in [1.807, 2.05) is 0 Å². The zero-order valence-corrected chi connectivity index (χ0v) is 12.2. The molecule has 0 saturated heterocycles. The SMILES string of the molecule is COc1ccc(-c2[nH]c3ccc(F)cc3c2CC(=O)O)cc1F. The number of aromatic nitrogens is 1. The van der Waals surface area contributed by atoms with Gasteiger partial charge in [-0.15, -0.1) is 0 Å². The predicted octanol–water partition coefficient (Wildman–Crippen LogP) is 3.75. The normalized spacial score (nSPS) is 10.9. The summed E-state index contributed by atoms with van der Waals surface area (Å²) in [4.78, 5) is 14.2. The molecule has 0 amide bonds. The Morgan fingerprint density at radius 2 is 2.00 bits per heavy atom. The first-order chi connectivity index (χ1) is 11.0. The van der Waals surface area contributed by atoms with Crippen LogP contribution in [0.1, 0.15) is 5.56 Å². The van der Waals surface area contributed by atoms with E-state index in [0.717, 1.165) is 0 Å². The van der Waals surface area contributed by atoms with Crippen LogP contribution in [-0.2, 0) is 11.2 Å². The molecular formula is C17H13F2NO3. The van der Waals surface area contributed by atoms with E-state index in [-0.39, 0.29) is 12.2 Å². The fourth-order valence-corrected chi connectivity index (χ4v) is 2.62. The van der Waals surface area contributed by atoms with Gasteiger partial charge in [0.1, 0.15) is 5.82 Å². The van der Waals surface area contributed by atoms with Gasteiger partial charge in [0, 0.05) is 16.5 Å². The molecule has 0 atom stereocenters. The van der Waals surface area contributed by atoms with Crippen molar-refractivity contribution in [2.45, 2.75) is 6.42 Å². The van der Waals surface area contributed by atoms with Gasteiger partial charge in [-0.05, 0) is 42.0 Å². The minimum Gasteiger partial charge on any atom is -0.494 e. The number of rotatable bonds is 4. The molecule has 1 heterocycles. The van der Waals surface area contributed by atoms with Crippen LogP contribution in [0.15, 0.2) is 36.4 Å². The summed E-state index contributed by atoms with van der Waals surface area (Å²) in [6.45, 7) is 0. The van der Waals surface area contributed by atoms with Crippen molar-refractivity contribution < 1.29 is 23.4 Å². The molecule has 1 aromatic heterocycles. The minimum absolute atomic E-state index is 0.0932. The van der Waals surface area contributed by atoms with Crippen LogP contribution < -0.4 is 4.74 Å². The molecule has 4 nitrogen and oxygen atoms in total. The molecule has 118 valence electrons. The summed E-state index contributed by atoms with van der Waals surface area (Å²) >= 11 is 0. The molecule has 0 aliphatic rings. The minimum atomic E-state index is -1.05. The van der Waals surface area contributed by atoms with Crippen molar-refractivity contribution in [3.8, 4) is 17.0 Å². The Hall–Kier alpha value is -2.89. The van der Waals surface area contributed by atoms with E-state index < -0.39 is 17.6 Å². The number of halogens is 2. The second kappa shape index (κ2) is 5.72. The summed E-state index contributed by atoms with van der Waals surface area (Å²) < 4.78 is 32.3. The first kappa shape index (κ1) is 15.0. The smallest absolute Gasteiger partial charge is 0.307 e. The molecule has 2 N–H and O–H groups in total. The molecule has 0 aliphatic heterocycles. The molecule has 0 spiro atoms. The van der Waals surface area contributed by atoms with Crippen molar-refractivity contribution in [1.29, 1.82) is 0 Å². The zero-order chi connectivity index (χ0) is 16.6. The van der Waals surface area contributed by atoms with Crippen LogP contribution in [0.5, 0.6) is 5.75 Å². The largest absolute Gasteiger partial charge is 0.494 e. The topological polar surface area (TPSA) is 62.3 Å². The third-order valence-corrected chi connectivity index (χ3v) is 3.64. The Bertz CT molecular complexity index is 902. The molecule has 3 rings (SSSR count). The molecule has 0 saturated carbocycles. The lowest BCUT2D eigenvalue weighted by Gasteiger charge is -2.06. The van der Waals surface area contributed by atoms with Gasteiger partial charge in [0.25, 0.3) is 0 Å². The molecule has 0 radical (unpaired) electrons. The molecule has 0 fully saturated rings. The van der Waals surface area contributed by atoms with E-state index in [4.69, 9.17) is 9.84 Å². The van der Waals surface area contributed by atoms with Gasteiger partial charge in [0.2, 0.25) is 0 Å². The monoisotopic (exact) mass is 317 g/mol. The van der Waals surface area contributed by atoms with Crippen LogP contribution in [-0.4, -0.2) is 23.2 Å². The highest BCUT2D eigenvalue weighted by Crippen LogP contribution is 2.33. The second-order valence-corrected chi connectivity index (χ2v) is 5.09. The zero-order valence-electron chi connectivity index (χ0n) is 12.2. The molecule has 23 heavy (non-hydrogen) atoms. The van der Waals surface area contributed by atoms with E-state index in [2.05, 4.69) is 4.98 Å². The highest BCUT2D eigenvalue weighted by molar-refractivity contribution is 5.94.